The van der Waals surface area contributed by atoms with Crippen molar-refractivity contribution in [3.63, 3.8) is 0 Å². The third kappa shape index (κ3) is 5.74. The zero-order valence-corrected chi connectivity index (χ0v) is 12.3. The summed E-state index contributed by atoms with van der Waals surface area (Å²) in [4.78, 5) is 32.7. The summed E-state index contributed by atoms with van der Waals surface area (Å²) in [6, 6.07) is 6.02. The quantitative estimate of drug-likeness (QED) is 0.683. The average molecular weight is 312 g/mol. The van der Waals surface area contributed by atoms with Gasteiger partial charge in [-0.15, -0.1) is 0 Å². The zero-order chi connectivity index (χ0) is 15.9. The predicted octanol–water partition coefficient (Wildman–Crippen LogP) is -0.105. The number of nitrogens with one attached hydrogen (secondary N) is 2. The number of carbonyl (C=O) groups excluding carboxylic acids is 3. The van der Waals surface area contributed by atoms with Crippen LogP contribution in [0.5, 0.6) is 0 Å². The molecule has 0 atom stereocenters. The smallest absolute Gasteiger partial charge is 0.264 e. The number of carbonyl (C=O) groups is 3. The molecular weight excluding hydrogens is 296 g/mol. The molecule has 7 nitrogen and oxygen atoms in total. The summed E-state index contributed by atoms with van der Waals surface area (Å²) in [5.41, 5.74) is 0.895. The molecule has 8 heteroatoms. The lowest BCUT2D eigenvalue weighted by molar-refractivity contribution is -0.126. The van der Waals surface area contributed by atoms with Gasteiger partial charge in [-0.25, -0.2) is 13.1 Å². The van der Waals surface area contributed by atoms with Gasteiger partial charge in [-0.2, -0.15) is 0 Å². The molecule has 0 aliphatic carbocycles. The van der Waals surface area contributed by atoms with Crippen LogP contribution in [0, 0.1) is 6.92 Å². The summed E-state index contributed by atoms with van der Waals surface area (Å²) in [5, 5.41) is 2.25. The van der Waals surface area contributed by atoms with E-state index < -0.39 is 21.8 Å². The number of amides is 2. The molecule has 0 aliphatic heterocycles. The second-order valence-electron chi connectivity index (χ2n) is 4.31. The highest BCUT2D eigenvalue weighted by Crippen LogP contribution is 2.10. The summed E-state index contributed by atoms with van der Waals surface area (Å²) in [5.74, 6) is -1.28. The molecule has 0 saturated carbocycles. The molecule has 0 radical (unpaired) electrons. The SMILES string of the molecule is Cc1ccc(S(=O)(=O)NC(=O)CCC(=O)NCC=O)cc1. The fraction of sp³-hybridized carbons (Fsp3) is 0.308. The van der Waals surface area contributed by atoms with Gasteiger partial charge in [0.2, 0.25) is 11.8 Å². The van der Waals surface area contributed by atoms with Crippen LogP contribution in [0.4, 0.5) is 0 Å². The minimum atomic E-state index is -3.93. The van der Waals surface area contributed by atoms with Crippen molar-refractivity contribution in [3.05, 3.63) is 29.8 Å². The number of rotatable bonds is 7. The van der Waals surface area contributed by atoms with E-state index in [0.717, 1.165) is 5.56 Å². The van der Waals surface area contributed by atoms with Crippen LogP contribution in [0.15, 0.2) is 29.2 Å². The summed E-state index contributed by atoms with van der Waals surface area (Å²) in [6.45, 7) is 1.68. The van der Waals surface area contributed by atoms with Gasteiger partial charge < -0.3 is 10.1 Å². The molecule has 114 valence electrons. The predicted molar refractivity (Wildman–Crippen MR) is 74.8 cm³/mol. The normalized spacial score (nSPS) is 10.7. The molecular formula is C13H16N2O5S. The second kappa shape index (κ2) is 7.53. The molecule has 0 aliphatic rings. The van der Waals surface area contributed by atoms with Crippen molar-refractivity contribution in [3.8, 4) is 0 Å². The van der Waals surface area contributed by atoms with Crippen LogP contribution in [0.25, 0.3) is 0 Å². The molecule has 0 bridgehead atoms. The molecule has 1 rings (SSSR count). The lowest BCUT2D eigenvalue weighted by Crippen LogP contribution is -2.32. The van der Waals surface area contributed by atoms with E-state index in [1.807, 2.05) is 11.6 Å². The summed E-state index contributed by atoms with van der Waals surface area (Å²) >= 11 is 0. The average Bonchev–Trinajstić information content (AvgIpc) is 2.43. The highest BCUT2D eigenvalue weighted by atomic mass is 32.2. The van der Waals surface area contributed by atoms with E-state index in [9.17, 15) is 22.8 Å². The fourth-order valence-electron chi connectivity index (χ4n) is 1.45. The van der Waals surface area contributed by atoms with E-state index >= 15 is 0 Å². The largest absolute Gasteiger partial charge is 0.349 e. The zero-order valence-electron chi connectivity index (χ0n) is 11.5. The van der Waals surface area contributed by atoms with Gasteiger partial charge in [-0.1, -0.05) is 17.7 Å². The standard InChI is InChI=1S/C13H16N2O5S/c1-10-2-4-11(5-3-10)21(19,20)15-13(18)7-6-12(17)14-8-9-16/h2-5,9H,6-8H2,1H3,(H,14,17)(H,15,18). The fourth-order valence-corrected chi connectivity index (χ4v) is 2.46. The first kappa shape index (κ1) is 16.8. The first-order valence-corrected chi connectivity index (χ1v) is 7.66. The molecule has 0 aromatic heterocycles. The van der Waals surface area contributed by atoms with Crippen LogP contribution < -0.4 is 10.0 Å². The first-order valence-electron chi connectivity index (χ1n) is 6.18. The van der Waals surface area contributed by atoms with Crippen LogP contribution in [-0.4, -0.2) is 33.1 Å². The Balaban J connectivity index is 2.55. The molecule has 0 saturated heterocycles. The second-order valence-corrected chi connectivity index (χ2v) is 5.99. The number of aldehydes is 1. The highest BCUT2D eigenvalue weighted by Gasteiger charge is 2.17. The van der Waals surface area contributed by atoms with Crippen LogP contribution >= 0.6 is 0 Å². The van der Waals surface area contributed by atoms with Crippen LogP contribution in [0.3, 0.4) is 0 Å². The number of hydrogen-bond acceptors (Lipinski definition) is 5. The van der Waals surface area contributed by atoms with Gasteiger partial charge in [0.15, 0.2) is 0 Å². The monoisotopic (exact) mass is 312 g/mol. The number of hydrogen-bond donors (Lipinski definition) is 2. The summed E-state index contributed by atoms with van der Waals surface area (Å²) < 4.78 is 25.7. The lowest BCUT2D eigenvalue weighted by atomic mass is 10.2. The van der Waals surface area contributed by atoms with Crippen molar-refractivity contribution in [2.75, 3.05) is 6.54 Å². The van der Waals surface area contributed by atoms with Crippen LogP contribution in [0.2, 0.25) is 0 Å². The molecule has 1 aromatic rings. The van der Waals surface area contributed by atoms with E-state index in [1.165, 1.54) is 12.1 Å². The molecule has 0 fully saturated rings. The topological polar surface area (TPSA) is 109 Å². The van der Waals surface area contributed by atoms with E-state index in [0.29, 0.717) is 6.29 Å². The third-order valence-electron chi connectivity index (χ3n) is 2.54. The first-order chi connectivity index (χ1) is 9.85. The number of aryl methyl sites for hydroxylation is 1. The van der Waals surface area contributed by atoms with Gasteiger partial charge >= 0.3 is 0 Å². The molecule has 2 N–H and O–H groups in total. The Bertz CT molecular complexity index is 622. The van der Waals surface area contributed by atoms with Crippen molar-refractivity contribution in [2.45, 2.75) is 24.7 Å². The Morgan fingerprint density at radius 3 is 2.24 bits per heavy atom. The maximum Gasteiger partial charge on any atom is 0.264 e. The van der Waals surface area contributed by atoms with E-state index in [1.54, 1.807) is 12.1 Å². The van der Waals surface area contributed by atoms with Crippen LogP contribution in [0.1, 0.15) is 18.4 Å². The number of sulfonamides is 1. The Morgan fingerprint density at radius 2 is 1.67 bits per heavy atom. The minimum Gasteiger partial charge on any atom is -0.349 e. The van der Waals surface area contributed by atoms with Crippen molar-refractivity contribution in [1.29, 1.82) is 0 Å². The Hall–Kier alpha value is -2.22. The van der Waals surface area contributed by atoms with E-state index in [2.05, 4.69) is 5.32 Å². The third-order valence-corrected chi connectivity index (χ3v) is 3.93. The highest BCUT2D eigenvalue weighted by molar-refractivity contribution is 7.90. The van der Waals surface area contributed by atoms with E-state index in [-0.39, 0.29) is 24.3 Å². The van der Waals surface area contributed by atoms with Gasteiger partial charge in [0.05, 0.1) is 11.4 Å². The number of benzene rings is 1. The molecule has 1 aromatic carbocycles. The van der Waals surface area contributed by atoms with Gasteiger partial charge in [0.25, 0.3) is 10.0 Å². The summed E-state index contributed by atoms with van der Waals surface area (Å²) in [6.07, 6.45) is 0.0404. The molecule has 0 unspecified atom stereocenters. The van der Waals surface area contributed by atoms with E-state index in [4.69, 9.17) is 0 Å². The van der Waals surface area contributed by atoms with Crippen LogP contribution in [-0.2, 0) is 24.4 Å². The molecule has 0 heterocycles. The summed E-state index contributed by atoms with van der Waals surface area (Å²) in [7, 11) is -3.93. The van der Waals surface area contributed by atoms with Gasteiger partial charge in [-0.3, -0.25) is 9.59 Å². The Morgan fingerprint density at radius 1 is 1.10 bits per heavy atom. The maximum absolute atomic E-state index is 11.9. The Kier molecular flexibility index (Phi) is 6.04. The van der Waals surface area contributed by atoms with Gasteiger partial charge in [0.1, 0.15) is 6.29 Å². The molecule has 21 heavy (non-hydrogen) atoms. The molecule has 0 spiro atoms. The molecule has 2 amide bonds. The van der Waals surface area contributed by atoms with Crippen molar-refractivity contribution < 1.29 is 22.8 Å². The lowest BCUT2D eigenvalue weighted by Gasteiger charge is -2.07. The minimum absolute atomic E-state index is 0.0214. The Labute approximate surface area is 122 Å². The van der Waals surface area contributed by atoms with Crippen molar-refractivity contribution in [1.82, 2.24) is 10.0 Å². The van der Waals surface area contributed by atoms with Crippen molar-refractivity contribution in [2.24, 2.45) is 0 Å². The maximum atomic E-state index is 11.9. The van der Waals surface area contributed by atoms with Gasteiger partial charge in [-0.05, 0) is 19.1 Å². The van der Waals surface area contributed by atoms with Gasteiger partial charge in [0, 0.05) is 12.8 Å². The van der Waals surface area contributed by atoms with Crippen molar-refractivity contribution >= 4 is 28.1 Å².